The molecule has 0 amide bonds. The van der Waals surface area contributed by atoms with E-state index in [0.717, 1.165) is 16.7 Å². The standard InChI is InChI=1S/C18H22O2/c1-11(2)14-5-7-15(8-6-14)18(20)17-13(4)9-12(3)10-16(17)19/h5-11,18-20H,1-4H3/t18-/m1/s1. The molecule has 0 radical (unpaired) electrons. The topological polar surface area (TPSA) is 40.5 Å². The van der Waals surface area contributed by atoms with Crippen LogP contribution in [0.5, 0.6) is 5.75 Å². The van der Waals surface area contributed by atoms with Crippen molar-refractivity contribution in [2.75, 3.05) is 0 Å². The molecule has 0 aliphatic carbocycles. The van der Waals surface area contributed by atoms with E-state index in [0.29, 0.717) is 11.5 Å². The normalized spacial score (nSPS) is 12.7. The van der Waals surface area contributed by atoms with Gasteiger partial charge in [-0.2, -0.15) is 0 Å². The van der Waals surface area contributed by atoms with Crippen molar-refractivity contribution in [3.05, 3.63) is 64.2 Å². The van der Waals surface area contributed by atoms with E-state index in [2.05, 4.69) is 13.8 Å². The lowest BCUT2D eigenvalue weighted by atomic mass is 9.93. The maximum atomic E-state index is 10.5. The van der Waals surface area contributed by atoms with Crippen LogP contribution in [0.1, 0.15) is 53.7 Å². The fourth-order valence-corrected chi connectivity index (χ4v) is 2.54. The molecule has 2 aromatic carbocycles. The van der Waals surface area contributed by atoms with Gasteiger partial charge >= 0.3 is 0 Å². The second kappa shape index (κ2) is 5.68. The predicted molar refractivity (Wildman–Crippen MR) is 82.2 cm³/mol. The Morgan fingerprint density at radius 3 is 1.95 bits per heavy atom. The lowest BCUT2D eigenvalue weighted by Gasteiger charge is -2.17. The average Bonchev–Trinajstić information content (AvgIpc) is 2.37. The molecule has 1 atom stereocenters. The van der Waals surface area contributed by atoms with Gasteiger partial charge in [0.25, 0.3) is 0 Å². The summed E-state index contributed by atoms with van der Waals surface area (Å²) in [5.74, 6) is 0.624. The van der Waals surface area contributed by atoms with Gasteiger partial charge in [-0.3, -0.25) is 0 Å². The van der Waals surface area contributed by atoms with Crippen LogP contribution in [-0.2, 0) is 0 Å². The third-order valence-electron chi connectivity index (χ3n) is 3.70. The maximum absolute atomic E-state index is 10.5. The van der Waals surface area contributed by atoms with Gasteiger partial charge in [-0.05, 0) is 48.1 Å². The van der Waals surface area contributed by atoms with Gasteiger partial charge in [-0.1, -0.05) is 44.2 Å². The van der Waals surface area contributed by atoms with Crippen molar-refractivity contribution in [2.45, 2.75) is 39.7 Å². The molecule has 0 unspecified atom stereocenters. The monoisotopic (exact) mass is 270 g/mol. The van der Waals surface area contributed by atoms with Gasteiger partial charge in [-0.15, -0.1) is 0 Å². The third kappa shape index (κ3) is 2.86. The predicted octanol–water partition coefficient (Wildman–Crippen LogP) is 4.21. The fraction of sp³-hybridized carbons (Fsp3) is 0.333. The fourth-order valence-electron chi connectivity index (χ4n) is 2.54. The number of hydrogen-bond acceptors (Lipinski definition) is 2. The molecule has 0 aromatic heterocycles. The van der Waals surface area contributed by atoms with E-state index in [1.807, 2.05) is 44.2 Å². The van der Waals surface area contributed by atoms with Crippen LogP contribution < -0.4 is 0 Å². The van der Waals surface area contributed by atoms with E-state index in [-0.39, 0.29) is 5.75 Å². The smallest absolute Gasteiger partial charge is 0.122 e. The summed E-state index contributed by atoms with van der Waals surface area (Å²) in [6.45, 7) is 8.12. The molecule has 2 aromatic rings. The SMILES string of the molecule is Cc1cc(C)c([C@H](O)c2ccc(C(C)C)cc2)c(O)c1. The number of aromatic hydroxyl groups is 1. The third-order valence-corrected chi connectivity index (χ3v) is 3.70. The highest BCUT2D eigenvalue weighted by atomic mass is 16.3. The van der Waals surface area contributed by atoms with Crippen LogP contribution in [0.15, 0.2) is 36.4 Å². The molecule has 0 aliphatic heterocycles. The summed E-state index contributed by atoms with van der Waals surface area (Å²) in [5, 5.41) is 20.6. The quantitative estimate of drug-likeness (QED) is 0.877. The molecule has 2 N–H and O–H groups in total. The molecule has 0 fully saturated rings. The zero-order valence-electron chi connectivity index (χ0n) is 12.5. The molecular weight excluding hydrogens is 248 g/mol. The molecule has 0 saturated heterocycles. The van der Waals surface area contributed by atoms with Crippen molar-refractivity contribution in [3.8, 4) is 5.75 Å². The minimum Gasteiger partial charge on any atom is -0.508 e. The second-order valence-corrected chi connectivity index (χ2v) is 5.74. The minimum atomic E-state index is -0.795. The van der Waals surface area contributed by atoms with Gasteiger partial charge < -0.3 is 10.2 Å². The minimum absolute atomic E-state index is 0.155. The first kappa shape index (κ1) is 14.6. The summed E-state index contributed by atoms with van der Waals surface area (Å²) < 4.78 is 0. The number of aliphatic hydroxyl groups excluding tert-OH is 1. The van der Waals surface area contributed by atoms with Crippen LogP contribution in [0.25, 0.3) is 0 Å². The van der Waals surface area contributed by atoms with E-state index in [1.165, 1.54) is 5.56 Å². The Bertz CT molecular complexity index is 574. The zero-order chi connectivity index (χ0) is 14.9. The Kier molecular flexibility index (Phi) is 4.15. The van der Waals surface area contributed by atoms with Crippen molar-refractivity contribution in [1.29, 1.82) is 0 Å². The number of rotatable bonds is 3. The number of phenolic OH excluding ortho intramolecular Hbond substituents is 1. The highest BCUT2D eigenvalue weighted by Crippen LogP contribution is 2.33. The number of hydrogen-bond donors (Lipinski definition) is 2. The van der Waals surface area contributed by atoms with Crippen LogP contribution in [0.3, 0.4) is 0 Å². The number of phenols is 1. The summed E-state index contributed by atoms with van der Waals surface area (Å²) in [5.41, 5.74) is 4.53. The summed E-state index contributed by atoms with van der Waals surface area (Å²) in [6, 6.07) is 11.6. The Balaban J connectivity index is 2.38. The molecule has 0 spiro atoms. The highest BCUT2D eigenvalue weighted by molar-refractivity contribution is 5.47. The van der Waals surface area contributed by atoms with Gasteiger partial charge in [0.1, 0.15) is 11.9 Å². The van der Waals surface area contributed by atoms with Crippen molar-refractivity contribution in [3.63, 3.8) is 0 Å². The molecule has 0 bridgehead atoms. The number of aliphatic hydroxyl groups is 1. The van der Waals surface area contributed by atoms with E-state index < -0.39 is 6.10 Å². The van der Waals surface area contributed by atoms with Crippen molar-refractivity contribution in [1.82, 2.24) is 0 Å². The van der Waals surface area contributed by atoms with E-state index >= 15 is 0 Å². The molecule has 2 rings (SSSR count). The van der Waals surface area contributed by atoms with Gasteiger partial charge in [0.2, 0.25) is 0 Å². The Labute approximate surface area is 120 Å². The largest absolute Gasteiger partial charge is 0.508 e. The number of aryl methyl sites for hydroxylation is 2. The Hall–Kier alpha value is -1.80. The molecule has 0 aliphatic rings. The lowest BCUT2D eigenvalue weighted by molar-refractivity contribution is 0.214. The van der Waals surface area contributed by atoms with Crippen LogP contribution in [0, 0.1) is 13.8 Å². The summed E-state index contributed by atoms with van der Waals surface area (Å²) in [4.78, 5) is 0. The van der Waals surface area contributed by atoms with E-state index in [4.69, 9.17) is 0 Å². The Morgan fingerprint density at radius 2 is 1.45 bits per heavy atom. The van der Waals surface area contributed by atoms with Crippen LogP contribution >= 0.6 is 0 Å². The van der Waals surface area contributed by atoms with Gasteiger partial charge in [0, 0.05) is 5.56 Å². The first-order chi connectivity index (χ1) is 9.40. The molecule has 2 heteroatoms. The summed E-state index contributed by atoms with van der Waals surface area (Å²) >= 11 is 0. The molecule has 20 heavy (non-hydrogen) atoms. The first-order valence-corrected chi connectivity index (χ1v) is 6.98. The molecule has 106 valence electrons. The Morgan fingerprint density at radius 1 is 0.900 bits per heavy atom. The average molecular weight is 270 g/mol. The van der Waals surface area contributed by atoms with Gasteiger partial charge in [0.15, 0.2) is 0 Å². The summed E-state index contributed by atoms with van der Waals surface area (Å²) in [7, 11) is 0. The molecule has 0 saturated carbocycles. The molecular formula is C18H22O2. The van der Waals surface area contributed by atoms with Crippen LogP contribution in [-0.4, -0.2) is 10.2 Å². The summed E-state index contributed by atoms with van der Waals surface area (Å²) in [6.07, 6.45) is -0.795. The van der Waals surface area contributed by atoms with E-state index in [9.17, 15) is 10.2 Å². The van der Waals surface area contributed by atoms with Crippen LogP contribution in [0.2, 0.25) is 0 Å². The highest BCUT2D eigenvalue weighted by Gasteiger charge is 2.17. The van der Waals surface area contributed by atoms with Gasteiger partial charge in [-0.25, -0.2) is 0 Å². The van der Waals surface area contributed by atoms with Crippen molar-refractivity contribution < 1.29 is 10.2 Å². The first-order valence-electron chi connectivity index (χ1n) is 6.98. The lowest BCUT2D eigenvalue weighted by Crippen LogP contribution is -2.03. The van der Waals surface area contributed by atoms with Crippen molar-refractivity contribution >= 4 is 0 Å². The second-order valence-electron chi connectivity index (χ2n) is 5.74. The molecule has 2 nitrogen and oxygen atoms in total. The van der Waals surface area contributed by atoms with Crippen molar-refractivity contribution in [2.24, 2.45) is 0 Å². The van der Waals surface area contributed by atoms with Crippen LogP contribution in [0.4, 0.5) is 0 Å². The number of benzene rings is 2. The zero-order valence-corrected chi connectivity index (χ0v) is 12.5. The maximum Gasteiger partial charge on any atom is 0.122 e. The van der Waals surface area contributed by atoms with E-state index in [1.54, 1.807) is 6.07 Å². The molecule has 0 heterocycles. The van der Waals surface area contributed by atoms with Gasteiger partial charge in [0.05, 0.1) is 0 Å².